The highest BCUT2D eigenvalue weighted by molar-refractivity contribution is 5.88. The third-order valence-electron chi connectivity index (χ3n) is 8.52. The van der Waals surface area contributed by atoms with Crippen molar-refractivity contribution in [2.24, 2.45) is 9.98 Å². The van der Waals surface area contributed by atoms with Gasteiger partial charge in [0.25, 0.3) is 5.91 Å². The monoisotopic (exact) mass is 616 g/mol. The van der Waals surface area contributed by atoms with Gasteiger partial charge in [-0.05, 0) is 66.0 Å². The molecule has 4 heterocycles. The van der Waals surface area contributed by atoms with E-state index in [2.05, 4.69) is 47.7 Å². The van der Waals surface area contributed by atoms with Gasteiger partial charge < -0.3 is 15.4 Å². The van der Waals surface area contributed by atoms with Gasteiger partial charge in [0.15, 0.2) is 17.3 Å². The SMILES string of the molecule is C=N/C(=C\N=C(/C)n1cc(F)cn1)[C@H](C)NC(=O)[C@]1(OC)CC[C@@H](c2nc(Nc3cc(C)[nH]n3)c3cnn(C4CC4)c3n2)CC1. The summed E-state index contributed by atoms with van der Waals surface area (Å²) in [6.45, 7) is 9.05. The Labute approximate surface area is 259 Å². The first kappa shape index (κ1) is 30.2. The van der Waals surface area contributed by atoms with Crippen molar-refractivity contribution < 1.29 is 13.9 Å². The number of hydrogen-bond donors (Lipinski definition) is 3. The average Bonchev–Trinajstić information content (AvgIpc) is 3.40. The van der Waals surface area contributed by atoms with Gasteiger partial charge in [-0.3, -0.25) is 14.9 Å². The molecule has 4 aromatic heterocycles. The molecule has 1 atom stereocenters. The van der Waals surface area contributed by atoms with Crippen LogP contribution in [-0.2, 0) is 9.53 Å². The summed E-state index contributed by atoms with van der Waals surface area (Å²) < 4.78 is 22.5. The molecule has 0 unspecified atom stereocenters. The number of aliphatic imine (C=N–C) groups is 2. The first-order valence-corrected chi connectivity index (χ1v) is 15.0. The number of nitrogens with one attached hydrogen (secondary N) is 3. The molecule has 2 saturated carbocycles. The quantitative estimate of drug-likeness (QED) is 0.175. The van der Waals surface area contributed by atoms with Crippen molar-refractivity contribution in [1.29, 1.82) is 0 Å². The van der Waals surface area contributed by atoms with Crippen LogP contribution in [-0.4, -0.2) is 76.9 Å². The van der Waals surface area contributed by atoms with E-state index >= 15 is 0 Å². The number of ether oxygens (including phenoxy) is 1. The van der Waals surface area contributed by atoms with Crippen molar-refractivity contribution in [3.63, 3.8) is 0 Å². The standard InChI is InChI=1S/C30H37FN12O2/c1-17-12-25(41-40-17)37-27-23-14-35-43(22-6-7-22)28(23)39-26(38-27)20-8-10-30(45-5,11-9-20)29(44)36-18(2)24(32-4)15-33-19(3)42-16-21(31)13-34-42/h12-16,18,20,22H,4,6-11H2,1-3,5H3,(H,36,44)(H2,37,38,39,40,41)/b24-15-,33-19+/t18-,20-,30+/m0/s1. The van der Waals surface area contributed by atoms with Crippen LogP contribution in [0, 0.1) is 12.7 Å². The van der Waals surface area contributed by atoms with Gasteiger partial charge in [0.05, 0.1) is 48.0 Å². The Kier molecular flexibility index (Phi) is 8.27. The van der Waals surface area contributed by atoms with Crippen LogP contribution < -0.4 is 10.6 Å². The maximum atomic E-state index is 13.6. The number of carbonyl (C=O) groups excluding carboxylic acids is 1. The largest absolute Gasteiger partial charge is 0.368 e. The molecule has 0 radical (unpaired) electrons. The number of methoxy groups -OCH3 is 1. The summed E-state index contributed by atoms with van der Waals surface area (Å²) in [6.07, 6.45) is 10.1. The van der Waals surface area contributed by atoms with Crippen LogP contribution in [0.3, 0.4) is 0 Å². The Balaban J connectivity index is 1.17. The van der Waals surface area contributed by atoms with E-state index in [1.54, 1.807) is 21.0 Å². The summed E-state index contributed by atoms with van der Waals surface area (Å²) in [6, 6.07) is 1.78. The predicted molar refractivity (Wildman–Crippen MR) is 167 cm³/mol. The summed E-state index contributed by atoms with van der Waals surface area (Å²) in [5, 5.41) is 23.0. The zero-order chi connectivity index (χ0) is 31.7. The van der Waals surface area contributed by atoms with Gasteiger partial charge in [0.1, 0.15) is 23.1 Å². The number of rotatable bonds is 10. The van der Waals surface area contributed by atoms with Crippen molar-refractivity contribution in [3.8, 4) is 0 Å². The number of H-pyrrole nitrogens is 1. The molecule has 4 aromatic rings. The molecule has 0 aliphatic heterocycles. The van der Waals surface area contributed by atoms with Crippen molar-refractivity contribution in [3.05, 3.63) is 53.9 Å². The zero-order valence-electron chi connectivity index (χ0n) is 25.8. The van der Waals surface area contributed by atoms with Crippen molar-refractivity contribution in [1.82, 2.24) is 45.0 Å². The molecule has 45 heavy (non-hydrogen) atoms. The molecule has 0 saturated heterocycles. The Morgan fingerprint density at radius 1 is 1.24 bits per heavy atom. The number of fused-ring (bicyclic) bond motifs is 1. The number of aromatic amines is 1. The van der Waals surface area contributed by atoms with Crippen LogP contribution in [0.25, 0.3) is 11.0 Å². The van der Waals surface area contributed by atoms with Gasteiger partial charge in [-0.15, -0.1) is 0 Å². The van der Waals surface area contributed by atoms with Crippen LogP contribution in [0.15, 0.2) is 46.5 Å². The van der Waals surface area contributed by atoms with Gasteiger partial charge in [-0.2, -0.15) is 15.3 Å². The smallest absolute Gasteiger partial charge is 0.252 e. The molecule has 0 bridgehead atoms. The van der Waals surface area contributed by atoms with Crippen LogP contribution >= 0.6 is 0 Å². The van der Waals surface area contributed by atoms with E-state index < -0.39 is 17.5 Å². The molecular weight excluding hydrogens is 579 g/mol. The lowest BCUT2D eigenvalue weighted by Crippen LogP contribution is -2.52. The highest BCUT2D eigenvalue weighted by atomic mass is 19.1. The zero-order valence-corrected chi connectivity index (χ0v) is 25.8. The molecule has 236 valence electrons. The van der Waals surface area contributed by atoms with Crippen molar-refractivity contribution >= 4 is 41.1 Å². The second kappa shape index (κ2) is 12.3. The summed E-state index contributed by atoms with van der Waals surface area (Å²) in [5.74, 6) is 1.81. The van der Waals surface area contributed by atoms with Gasteiger partial charge in [0, 0.05) is 24.8 Å². The highest BCUT2D eigenvalue weighted by Crippen LogP contribution is 2.41. The minimum Gasteiger partial charge on any atom is -0.368 e. The van der Waals surface area contributed by atoms with Crippen LogP contribution in [0.5, 0.6) is 0 Å². The normalized spacial score (nSPS) is 21.6. The fourth-order valence-electron chi connectivity index (χ4n) is 5.66. The van der Waals surface area contributed by atoms with Gasteiger partial charge in [-0.1, -0.05) is 0 Å². The Morgan fingerprint density at radius 2 is 2.02 bits per heavy atom. The van der Waals surface area contributed by atoms with Gasteiger partial charge in [0.2, 0.25) is 0 Å². The molecule has 2 aliphatic rings. The summed E-state index contributed by atoms with van der Waals surface area (Å²) in [5.41, 5.74) is 1.17. The lowest BCUT2D eigenvalue weighted by Gasteiger charge is -2.38. The van der Waals surface area contributed by atoms with E-state index in [0.29, 0.717) is 60.7 Å². The minimum absolute atomic E-state index is 0.0293. The molecule has 15 heteroatoms. The molecular formula is C30H37FN12O2. The van der Waals surface area contributed by atoms with Crippen molar-refractivity contribution in [2.75, 3.05) is 12.4 Å². The number of anilines is 2. The van der Waals surface area contributed by atoms with E-state index in [4.69, 9.17) is 14.7 Å². The number of hydrogen-bond acceptors (Lipinski definition) is 10. The van der Waals surface area contributed by atoms with E-state index in [1.807, 2.05) is 23.9 Å². The topological polar surface area (TPSA) is 165 Å². The minimum atomic E-state index is -1.02. The molecule has 14 nitrogen and oxygen atoms in total. The van der Waals surface area contributed by atoms with E-state index in [-0.39, 0.29) is 11.8 Å². The van der Waals surface area contributed by atoms with Gasteiger partial charge >= 0.3 is 0 Å². The van der Waals surface area contributed by atoms with Crippen LogP contribution in [0.2, 0.25) is 0 Å². The van der Waals surface area contributed by atoms with Crippen LogP contribution in [0.4, 0.5) is 16.0 Å². The highest BCUT2D eigenvalue weighted by Gasteiger charge is 2.43. The number of halogens is 1. The first-order valence-electron chi connectivity index (χ1n) is 15.0. The third-order valence-corrected chi connectivity index (χ3v) is 8.52. The second-order valence-electron chi connectivity index (χ2n) is 11.7. The number of aromatic nitrogens is 8. The first-order chi connectivity index (χ1) is 21.7. The number of amides is 1. The number of nitrogens with zero attached hydrogens (tertiary/aromatic N) is 9. The fourth-order valence-corrected chi connectivity index (χ4v) is 5.66. The molecule has 0 spiro atoms. The van der Waals surface area contributed by atoms with Gasteiger partial charge in [-0.25, -0.2) is 28.7 Å². The Morgan fingerprint density at radius 3 is 2.64 bits per heavy atom. The summed E-state index contributed by atoms with van der Waals surface area (Å²) in [4.78, 5) is 31.9. The summed E-state index contributed by atoms with van der Waals surface area (Å²) in [7, 11) is 1.56. The molecule has 0 aromatic carbocycles. The lowest BCUT2D eigenvalue weighted by molar-refractivity contribution is -0.148. The van der Waals surface area contributed by atoms with Crippen molar-refractivity contribution in [2.45, 2.75) is 82.9 Å². The van der Waals surface area contributed by atoms with E-state index in [1.165, 1.54) is 17.1 Å². The van der Waals surface area contributed by atoms with E-state index in [9.17, 15) is 9.18 Å². The molecule has 6 rings (SSSR count). The lowest BCUT2D eigenvalue weighted by atomic mass is 9.77. The fraction of sp³-hybridized carbons (Fsp3) is 0.467. The Bertz CT molecular complexity index is 1770. The number of aryl methyl sites for hydroxylation is 1. The molecule has 1 amide bonds. The molecule has 2 fully saturated rings. The molecule has 2 aliphatic carbocycles. The third kappa shape index (κ3) is 6.25. The molecule has 3 N–H and O–H groups in total. The maximum Gasteiger partial charge on any atom is 0.252 e. The summed E-state index contributed by atoms with van der Waals surface area (Å²) >= 11 is 0. The van der Waals surface area contributed by atoms with Crippen LogP contribution in [0.1, 0.15) is 75.9 Å². The van der Waals surface area contributed by atoms with E-state index in [0.717, 1.165) is 35.8 Å². The second-order valence-corrected chi connectivity index (χ2v) is 11.7. The Hall–Kier alpha value is -4.79. The maximum absolute atomic E-state index is 13.6. The average molecular weight is 617 g/mol. The number of carbonyl (C=O) groups is 1. The predicted octanol–water partition coefficient (Wildman–Crippen LogP) is 4.33.